The number of hydrogen-bond donors (Lipinski definition) is 0. The van der Waals surface area contributed by atoms with Crippen LogP contribution in [-0.2, 0) is 9.53 Å². The molecular weight excluding hydrogens is 310 g/mol. The first-order valence-corrected chi connectivity index (χ1v) is 8.59. The second-order valence-corrected chi connectivity index (χ2v) is 8.15. The fraction of sp³-hybridized carbons (Fsp3) is 0.526. The zero-order valence-electron chi connectivity index (χ0n) is 14.1. The van der Waals surface area contributed by atoms with Crippen LogP contribution in [0.15, 0.2) is 30.5 Å². The topological polar surface area (TPSA) is 29.5 Å². The van der Waals surface area contributed by atoms with Crippen molar-refractivity contribution >= 4 is 23.1 Å². The van der Waals surface area contributed by atoms with Crippen LogP contribution in [-0.4, -0.2) is 29.5 Å². The summed E-state index contributed by atoms with van der Waals surface area (Å²) >= 11 is 6.09. The van der Waals surface area contributed by atoms with Crippen LogP contribution in [0.4, 0.5) is 0 Å². The molecule has 2 aliphatic heterocycles. The Kier molecular flexibility index (Phi) is 4.18. The summed E-state index contributed by atoms with van der Waals surface area (Å²) in [5.74, 6) is 0.205. The molecule has 0 saturated carbocycles. The standard InChI is InChI=1S/C19H24ClNO2/c1-18(2,3)17(22)21-9-5-8-19(13-21)11-15(12-23-19)14-6-4-7-16(20)10-14/h4,6-7,10,12H,5,8-9,11,13H2,1-3H3. The fourth-order valence-electron chi connectivity index (χ4n) is 3.47. The van der Waals surface area contributed by atoms with E-state index >= 15 is 0 Å². The maximum absolute atomic E-state index is 12.6. The van der Waals surface area contributed by atoms with E-state index in [1.54, 1.807) is 0 Å². The minimum Gasteiger partial charge on any atom is -0.492 e. The number of nitrogens with zero attached hydrogens (tertiary/aromatic N) is 1. The SMILES string of the molecule is CC(C)(C)C(=O)N1CCCC2(CC(c3cccc(Cl)c3)=CO2)C1. The minimum atomic E-state index is -0.347. The van der Waals surface area contributed by atoms with Crippen molar-refractivity contribution in [3.8, 4) is 0 Å². The van der Waals surface area contributed by atoms with Gasteiger partial charge in [-0.1, -0.05) is 44.5 Å². The summed E-state index contributed by atoms with van der Waals surface area (Å²) in [6.45, 7) is 7.42. The van der Waals surface area contributed by atoms with Crippen molar-refractivity contribution in [3.63, 3.8) is 0 Å². The Labute approximate surface area is 143 Å². The number of likely N-dealkylation sites (tertiary alicyclic amines) is 1. The molecule has 23 heavy (non-hydrogen) atoms. The smallest absolute Gasteiger partial charge is 0.228 e. The molecule has 1 atom stereocenters. The molecule has 1 unspecified atom stereocenters. The van der Waals surface area contributed by atoms with Crippen LogP contribution < -0.4 is 0 Å². The van der Waals surface area contributed by atoms with Gasteiger partial charge < -0.3 is 9.64 Å². The molecule has 0 aliphatic carbocycles. The molecule has 1 aromatic carbocycles. The predicted molar refractivity (Wildman–Crippen MR) is 93.1 cm³/mol. The van der Waals surface area contributed by atoms with Gasteiger partial charge in [-0.05, 0) is 36.1 Å². The van der Waals surface area contributed by atoms with Crippen LogP contribution >= 0.6 is 11.6 Å². The molecular formula is C19H24ClNO2. The molecule has 3 rings (SSSR count). The molecule has 124 valence electrons. The maximum atomic E-state index is 12.6. The van der Waals surface area contributed by atoms with Crippen molar-refractivity contribution in [1.82, 2.24) is 4.90 Å². The Morgan fingerprint density at radius 3 is 2.83 bits per heavy atom. The second kappa shape index (κ2) is 5.86. The van der Waals surface area contributed by atoms with Crippen molar-refractivity contribution in [3.05, 3.63) is 41.1 Å². The van der Waals surface area contributed by atoms with E-state index in [0.717, 1.165) is 42.0 Å². The Bertz CT molecular complexity index is 647. The van der Waals surface area contributed by atoms with E-state index in [2.05, 4.69) is 6.07 Å². The molecule has 1 saturated heterocycles. The number of carbonyl (C=O) groups excluding carboxylic acids is 1. The number of rotatable bonds is 1. The molecule has 0 bridgehead atoms. The molecule has 1 amide bonds. The summed E-state index contributed by atoms with van der Waals surface area (Å²) < 4.78 is 6.08. The number of carbonyl (C=O) groups is 1. The lowest BCUT2D eigenvalue weighted by Crippen LogP contribution is -2.52. The lowest BCUT2D eigenvalue weighted by atomic mass is 9.84. The highest BCUT2D eigenvalue weighted by atomic mass is 35.5. The molecule has 1 fully saturated rings. The lowest BCUT2D eigenvalue weighted by molar-refractivity contribution is -0.146. The summed E-state index contributed by atoms with van der Waals surface area (Å²) in [5.41, 5.74) is 1.66. The van der Waals surface area contributed by atoms with Gasteiger partial charge in [-0.3, -0.25) is 4.79 Å². The van der Waals surface area contributed by atoms with Gasteiger partial charge in [0.15, 0.2) is 0 Å². The summed E-state index contributed by atoms with van der Waals surface area (Å²) in [5, 5.41) is 0.734. The molecule has 3 nitrogen and oxygen atoms in total. The highest BCUT2D eigenvalue weighted by Gasteiger charge is 2.43. The number of piperidine rings is 1. The van der Waals surface area contributed by atoms with Gasteiger partial charge in [0, 0.05) is 23.4 Å². The molecule has 4 heteroatoms. The predicted octanol–water partition coefficient (Wildman–Crippen LogP) is 4.51. The number of ether oxygens (including phenoxy) is 1. The lowest BCUT2D eigenvalue weighted by Gasteiger charge is -2.42. The van der Waals surface area contributed by atoms with Crippen molar-refractivity contribution in [2.24, 2.45) is 5.41 Å². The van der Waals surface area contributed by atoms with Crippen molar-refractivity contribution in [2.75, 3.05) is 13.1 Å². The Morgan fingerprint density at radius 1 is 1.35 bits per heavy atom. The Morgan fingerprint density at radius 2 is 2.13 bits per heavy atom. The van der Waals surface area contributed by atoms with Crippen molar-refractivity contribution < 1.29 is 9.53 Å². The average molecular weight is 334 g/mol. The Hall–Kier alpha value is -1.48. The van der Waals surface area contributed by atoms with Gasteiger partial charge in [-0.25, -0.2) is 0 Å². The molecule has 2 aliphatic rings. The molecule has 0 aromatic heterocycles. The number of benzene rings is 1. The quantitative estimate of drug-likeness (QED) is 0.756. The van der Waals surface area contributed by atoms with Gasteiger partial charge in [-0.2, -0.15) is 0 Å². The summed E-state index contributed by atoms with van der Waals surface area (Å²) in [6.07, 6.45) is 4.66. The molecule has 1 aromatic rings. The largest absolute Gasteiger partial charge is 0.492 e. The van der Waals surface area contributed by atoms with Gasteiger partial charge >= 0.3 is 0 Å². The van der Waals surface area contributed by atoms with Gasteiger partial charge in [0.2, 0.25) is 5.91 Å². The van der Waals surface area contributed by atoms with E-state index in [-0.39, 0.29) is 16.9 Å². The van der Waals surface area contributed by atoms with E-state index in [4.69, 9.17) is 16.3 Å². The van der Waals surface area contributed by atoms with Gasteiger partial charge in [-0.15, -0.1) is 0 Å². The average Bonchev–Trinajstić information content (AvgIpc) is 2.89. The second-order valence-electron chi connectivity index (χ2n) is 7.71. The third kappa shape index (κ3) is 3.40. The molecule has 1 spiro atoms. The first-order valence-electron chi connectivity index (χ1n) is 8.21. The third-order valence-electron chi connectivity index (χ3n) is 4.63. The van der Waals surface area contributed by atoms with E-state index in [1.165, 1.54) is 0 Å². The van der Waals surface area contributed by atoms with E-state index < -0.39 is 0 Å². The Balaban J connectivity index is 1.74. The fourth-order valence-corrected chi connectivity index (χ4v) is 3.66. The van der Waals surface area contributed by atoms with Crippen LogP contribution in [0.3, 0.4) is 0 Å². The normalized spacial score (nSPS) is 24.5. The van der Waals surface area contributed by atoms with E-state index in [1.807, 2.05) is 50.1 Å². The number of halogens is 1. The molecule has 0 radical (unpaired) electrons. The van der Waals surface area contributed by atoms with Gasteiger partial charge in [0.25, 0.3) is 0 Å². The van der Waals surface area contributed by atoms with Gasteiger partial charge in [0.05, 0.1) is 12.8 Å². The molecule has 0 N–H and O–H groups in total. The monoisotopic (exact) mass is 333 g/mol. The minimum absolute atomic E-state index is 0.205. The first kappa shape index (κ1) is 16.4. The zero-order chi connectivity index (χ0) is 16.7. The first-order chi connectivity index (χ1) is 10.8. The van der Waals surface area contributed by atoms with Crippen molar-refractivity contribution in [2.45, 2.75) is 45.6 Å². The highest BCUT2D eigenvalue weighted by molar-refractivity contribution is 6.30. The number of amides is 1. The molecule has 2 heterocycles. The van der Waals surface area contributed by atoms with Gasteiger partial charge in [0.1, 0.15) is 5.60 Å². The van der Waals surface area contributed by atoms with E-state index in [0.29, 0.717) is 6.54 Å². The van der Waals surface area contributed by atoms with Crippen LogP contribution in [0.5, 0.6) is 0 Å². The van der Waals surface area contributed by atoms with Crippen LogP contribution in [0.1, 0.15) is 45.6 Å². The zero-order valence-corrected chi connectivity index (χ0v) is 14.8. The maximum Gasteiger partial charge on any atom is 0.228 e. The van der Waals surface area contributed by atoms with Crippen molar-refractivity contribution in [1.29, 1.82) is 0 Å². The third-order valence-corrected chi connectivity index (χ3v) is 4.86. The summed E-state index contributed by atoms with van der Waals surface area (Å²) in [7, 11) is 0. The summed E-state index contributed by atoms with van der Waals surface area (Å²) in [4.78, 5) is 14.6. The highest BCUT2D eigenvalue weighted by Crippen LogP contribution is 2.41. The summed E-state index contributed by atoms with van der Waals surface area (Å²) in [6, 6.07) is 7.86. The van der Waals surface area contributed by atoms with E-state index in [9.17, 15) is 4.79 Å². The number of hydrogen-bond acceptors (Lipinski definition) is 2. The van der Waals surface area contributed by atoms with Crippen LogP contribution in [0.2, 0.25) is 5.02 Å². The van der Waals surface area contributed by atoms with Crippen LogP contribution in [0.25, 0.3) is 5.57 Å². The van der Waals surface area contributed by atoms with Crippen LogP contribution in [0, 0.1) is 5.41 Å².